The second-order valence-corrected chi connectivity index (χ2v) is 5.89. The van der Waals surface area contributed by atoms with E-state index in [0.717, 1.165) is 17.8 Å². The maximum atomic E-state index is 4.51. The maximum absolute atomic E-state index is 4.51. The number of hydrogen-bond acceptors (Lipinski definition) is 2. The van der Waals surface area contributed by atoms with Gasteiger partial charge in [0.2, 0.25) is 0 Å². The van der Waals surface area contributed by atoms with Crippen molar-refractivity contribution in [1.82, 2.24) is 10.6 Å². The second kappa shape index (κ2) is 5.80. The molecule has 0 amide bonds. The van der Waals surface area contributed by atoms with Crippen molar-refractivity contribution in [3.05, 3.63) is 0 Å². The van der Waals surface area contributed by atoms with Crippen LogP contribution in [0.2, 0.25) is 0 Å². The highest BCUT2D eigenvalue weighted by molar-refractivity contribution is 7.99. The number of aliphatic imine (C=N–C) groups is 1. The highest BCUT2D eigenvalue weighted by Crippen LogP contribution is 2.28. The fourth-order valence-corrected chi connectivity index (χ4v) is 2.99. The van der Waals surface area contributed by atoms with Crippen molar-refractivity contribution in [2.45, 2.75) is 56.4 Å². The lowest BCUT2D eigenvalue weighted by atomic mass is 10.2. The molecule has 2 aliphatic rings. The molecule has 0 saturated heterocycles. The van der Waals surface area contributed by atoms with Gasteiger partial charge in [-0.3, -0.25) is 4.99 Å². The molecule has 2 saturated carbocycles. The highest BCUT2D eigenvalue weighted by Gasteiger charge is 2.27. The van der Waals surface area contributed by atoms with Crippen molar-refractivity contribution < 1.29 is 0 Å². The number of rotatable bonds is 4. The number of guanidine groups is 1. The first-order valence-electron chi connectivity index (χ1n) is 6.42. The molecule has 0 aromatic heterocycles. The number of nitrogens with one attached hydrogen (secondary N) is 2. The van der Waals surface area contributed by atoms with Crippen LogP contribution in [0, 0.1) is 0 Å². The van der Waals surface area contributed by atoms with Gasteiger partial charge < -0.3 is 10.6 Å². The van der Waals surface area contributed by atoms with Crippen LogP contribution in [0.3, 0.4) is 0 Å². The van der Waals surface area contributed by atoms with Gasteiger partial charge in [0.1, 0.15) is 0 Å². The maximum Gasteiger partial charge on any atom is 0.191 e. The SMILES string of the molecule is CCN=C(NC1CC1)NC1CCC(SC)C1. The van der Waals surface area contributed by atoms with E-state index in [1.807, 2.05) is 11.8 Å². The normalized spacial score (nSPS) is 30.5. The van der Waals surface area contributed by atoms with Crippen molar-refractivity contribution in [3.63, 3.8) is 0 Å². The minimum Gasteiger partial charge on any atom is -0.354 e. The molecule has 0 aromatic carbocycles. The van der Waals surface area contributed by atoms with Crippen molar-refractivity contribution in [1.29, 1.82) is 0 Å². The van der Waals surface area contributed by atoms with Gasteiger partial charge in [0.25, 0.3) is 0 Å². The van der Waals surface area contributed by atoms with Crippen LogP contribution in [0.5, 0.6) is 0 Å². The van der Waals surface area contributed by atoms with Crippen LogP contribution >= 0.6 is 11.8 Å². The second-order valence-electron chi connectivity index (χ2n) is 4.75. The Kier molecular flexibility index (Phi) is 4.38. The van der Waals surface area contributed by atoms with Crippen LogP contribution in [-0.2, 0) is 0 Å². The van der Waals surface area contributed by atoms with Gasteiger partial charge in [-0.25, -0.2) is 0 Å². The largest absolute Gasteiger partial charge is 0.354 e. The molecule has 0 heterocycles. The van der Waals surface area contributed by atoms with E-state index in [1.165, 1.54) is 32.1 Å². The summed E-state index contributed by atoms with van der Waals surface area (Å²) in [5.74, 6) is 1.04. The minimum atomic E-state index is 0.633. The quantitative estimate of drug-likeness (QED) is 0.584. The summed E-state index contributed by atoms with van der Waals surface area (Å²) in [4.78, 5) is 4.51. The predicted molar refractivity (Wildman–Crippen MR) is 72.2 cm³/mol. The Morgan fingerprint density at radius 1 is 1.19 bits per heavy atom. The molecule has 0 aromatic rings. The Morgan fingerprint density at radius 2 is 1.88 bits per heavy atom. The molecule has 2 aliphatic carbocycles. The lowest BCUT2D eigenvalue weighted by Gasteiger charge is -2.17. The summed E-state index contributed by atoms with van der Waals surface area (Å²) in [5, 5.41) is 7.91. The summed E-state index contributed by atoms with van der Waals surface area (Å²) in [6.07, 6.45) is 8.76. The van der Waals surface area contributed by atoms with E-state index in [4.69, 9.17) is 0 Å². The molecule has 16 heavy (non-hydrogen) atoms. The van der Waals surface area contributed by atoms with Gasteiger partial charge in [-0.15, -0.1) is 0 Å². The number of hydrogen-bond donors (Lipinski definition) is 2. The molecule has 0 radical (unpaired) electrons. The van der Waals surface area contributed by atoms with Gasteiger partial charge >= 0.3 is 0 Å². The molecule has 2 atom stereocenters. The molecule has 2 unspecified atom stereocenters. The van der Waals surface area contributed by atoms with E-state index in [0.29, 0.717) is 12.1 Å². The first-order chi connectivity index (χ1) is 7.81. The zero-order valence-corrected chi connectivity index (χ0v) is 11.1. The van der Waals surface area contributed by atoms with Gasteiger partial charge in [-0.1, -0.05) is 0 Å². The summed E-state index contributed by atoms with van der Waals surface area (Å²) in [5.41, 5.74) is 0. The standard InChI is InChI=1S/C12H23N3S/c1-3-13-12(14-9-4-5-9)15-10-6-7-11(8-10)16-2/h9-11H,3-8H2,1-2H3,(H2,13,14,15). The van der Waals surface area contributed by atoms with E-state index in [2.05, 4.69) is 28.8 Å². The fourth-order valence-electron chi connectivity index (χ4n) is 2.19. The Balaban J connectivity index is 1.78. The van der Waals surface area contributed by atoms with Crippen molar-refractivity contribution in [3.8, 4) is 0 Å². The third kappa shape index (κ3) is 3.58. The predicted octanol–water partition coefficient (Wildman–Crippen LogP) is 1.99. The van der Waals surface area contributed by atoms with Gasteiger partial charge in [0, 0.05) is 23.9 Å². The van der Waals surface area contributed by atoms with E-state index in [-0.39, 0.29) is 0 Å². The molecular weight excluding hydrogens is 218 g/mol. The van der Waals surface area contributed by atoms with Crippen LogP contribution in [0.1, 0.15) is 39.0 Å². The summed E-state index contributed by atoms with van der Waals surface area (Å²) < 4.78 is 0. The summed E-state index contributed by atoms with van der Waals surface area (Å²) in [6, 6.07) is 1.32. The monoisotopic (exact) mass is 241 g/mol. The Labute approximate surface area is 103 Å². The first kappa shape index (κ1) is 12.1. The fraction of sp³-hybridized carbons (Fsp3) is 0.917. The third-order valence-corrected chi connectivity index (χ3v) is 4.39. The van der Waals surface area contributed by atoms with Crippen LogP contribution in [0.4, 0.5) is 0 Å². The lowest BCUT2D eigenvalue weighted by Crippen LogP contribution is -2.43. The highest BCUT2D eigenvalue weighted by atomic mass is 32.2. The molecule has 0 bridgehead atoms. The van der Waals surface area contributed by atoms with Crippen molar-refractivity contribution >= 4 is 17.7 Å². The lowest BCUT2D eigenvalue weighted by molar-refractivity contribution is 0.613. The summed E-state index contributed by atoms with van der Waals surface area (Å²) in [6.45, 7) is 2.95. The smallest absolute Gasteiger partial charge is 0.191 e. The topological polar surface area (TPSA) is 36.4 Å². The summed E-state index contributed by atoms with van der Waals surface area (Å²) in [7, 11) is 0. The summed E-state index contributed by atoms with van der Waals surface area (Å²) >= 11 is 2.00. The average molecular weight is 241 g/mol. The minimum absolute atomic E-state index is 0.633. The zero-order valence-electron chi connectivity index (χ0n) is 10.3. The Hall–Kier alpha value is -0.380. The zero-order chi connectivity index (χ0) is 11.4. The van der Waals surface area contributed by atoms with Gasteiger partial charge in [-0.05, 0) is 45.3 Å². The van der Waals surface area contributed by atoms with Crippen LogP contribution in [-0.4, -0.2) is 36.1 Å². The molecule has 0 spiro atoms. The molecule has 92 valence electrons. The van der Waals surface area contributed by atoms with Crippen LogP contribution < -0.4 is 10.6 Å². The molecule has 2 rings (SSSR count). The Morgan fingerprint density at radius 3 is 2.44 bits per heavy atom. The van der Waals surface area contributed by atoms with E-state index in [1.54, 1.807) is 0 Å². The van der Waals surface area contributed by atoms with Crippen LogP contribution in [0.25, 0.3) is 0 Å². The van der Waals surface area contributed by atoms with E-state index < -0.39 is 0 Å². The van der Waals surface area contributed by atoms with E-state index in [9.17, 15) is 0 Å². The van der Waals surface area contributed by atoms with Crippen molar-refractivity contribution in [2.24, 2.45) is 4.99 Å². The molecule has 2 N–H and O–H groups in total. The third-order valence-electron chi connectivity index (χ3n) is 3.29. The number of nitrogens with zero attached hydrogens (tertiary/aromatic N) is 1. The van der Waals surface area contributed by atoms with Gasteiger partial charge in [0.05, 0.1) is 0 Å². The molecule has 4 heteroatoms. The van der Waals surface area contributed by atoms with Gasteiger partial charge in [-0.2, -0.15) is 11.8 Å². The number of thioether (sulfide) groups is 1. The molecular formula is C12H23N3S. The Bertz CT molecular complexity index is 251. The van der Waals surface area contributed by atoms with E-state index >= 15 is 0 Å². The van der Waals surface area contributed by atoms with Crippen LogP contribution in [0.15, 0.2) is 4.99 Å². The first-order valence-corrected chi connectivity index (χ1v) is 7.71. The molecule has 2 fully saturated rings. The van der Waals surface area contributed by atoms with Gasteiger partial charge in [0.15, 0.2) is 5.96 Å². The van der Waals surface area contributed by atoms with Crippen molar-refractivity contribution in [2.75, 3.05) is 12.8 Å². The molecule has 3 nitrogen and oxygen atoms in total. The average Bonchev–Trinajstić information content (AvgIpc) is 2.96. The molecule has 0 aliphatic heterocycles.